The first kappa shape index (κ1) is 14.5. The Morgan fingerprint density at radius 2 is 2.05 bits per heavy atom. The Kier molecular flexibility index (Phi) is 4.04. The number of amides is 1. The van der Waals surface area contributed by atoms with Crippen molar-refractivity contribution in [3.8, 4) is 0 Å². The standard InChI is InChI=1S/C17H19N3O2/c1-13-5-4-7-17(22)20(13)10-8-16(21)19-11-14(12-19)15-6-2-3-9-18-15/h2-7,9,14H,8,10-12H2,1H3. The Morgan fingerprint density at radius 1 is 1.23 bits per heavy atom. The highest BCUT2D eigenvalue weighted by Crippen LogP contribution is 2.25. The molecule has 2 aromatic rings. The monoisotopic (exact) mass is 297 g/mol. The highest BCUT2D eigenvalue weighted by molar-refractivity contribution is 5.77. The second-order valence-electron chi connectivity index (χ2n) is 5.66. The van der Waals surface area contributed by atoms with E-state index in [9.17, 15) is 9.59 Å². The van der Waals surface area contributed by atoms with Crippen molar-refractivity contribution in [2.75, 3.05) is 13.1 Å². The van der Waals surface area contributed by atoms with Gasteiger partial charge in [-0.3, -0.25) is 14.6 Å². The number of hydrogen-bond acceptors (Lipinski definition) is 3. The topological polar surface area (TPSA) is 55.2 Å². The van der Waals surface area contributed by atoms with Crippen LogP contribution in [0.3, 0.4) is 0 Å². The van der Waals surface area contributed by atoms with Crippen molar-refractivity contribution in [1.82, 2.24) is 14.5 Å². The van der Waals surface area contributed by atoms with Gasteiger partial charge in [-0.2, -0.15) is 0 Å². The van der Waals surface area contributed by atoms with Crippen LogP contribution in [0.15, 0.2) is 47.4 Å². The molecule has 3 rings (SSSR count). The maximum atomic E-state index is 12.2. The molecule has 3 heterocycles. The minimum atomic E-state index is -0.0530. The molecule has 1 aliphatic heterocycles. The number of carbonyl (C=O) groups is 1. The van der Waals surface area contributed by atoms with Gasteiger partial charge in [-0.25, -0.2) is 0 Å². The van der Waals surface area contributed by atoms with E-state index >= 15 is 0 Å². The van der Waals surface area contributed by atoms with E-state index in [1.54, 1.807) is 16.8 Å². The fraction of sp³-hybridized carbons (Fsp3) is 0.353. The van der Waals surface area contributed by atoms with E-state index in [2.05, 4.69) is 4.98 Å². The number of rotatable bonds is 4. The molecule has 114 valence electrons. The Bertz CT molecular complexity index is 718. The number of nitrogens with zero attached hydrogens (tertiary/aromatic N) is 3. The second kappa shape index (κ2) is 6.13. The Hall–Kier alpha value is -2.43. The SMILES string of the molecule is Cc1cccc(=O)n1CCC(=O)N1CC(c2ccccn2)C1. The molecule has 1 aliphatic rings. The van der Waals surface area contributed by atoms with E-state index in [4.69, 9.17) is 0 Å². The van der Waals surface area contributed by atoms with Gasteiger partial charge in [-0.1, -0.05) is 12.1 Å². The van der Waals surface area contributed by atoms with Gasteiger partial charge < -0.3 is 9.47 Å². The number of aromatic nitrogens is 2. The highest BCUT2D eigenvalue weighted by atomic mass is 16.2. The highest BCUT2D eigenvalue weighted by Gasteiger charge is 2.32. The first-order valence-electron chi connectivity index (χ1n) is 7.50. The van der Waals surface area contributed by atoms with Gasteiger partial charge in [0.15, 0.2) is 0 Å². The predicted molar refractivity (Wildman–Crippen MR) is 83.6 cm³/mol. The molecule has 22 heavy (non-hydrogen) atoms. The maximum Gasteiger partial charge on any atom is 0.250 e. The third-order valence-corrected chi connectivity index (χ3v) is 4.16. The van der Waals surface area contributed by atoms with Gasteiger partial charge in [0.2, 0.25) is 5.91 Å². The van der Waals surface area contributed by atoms with Crippen LogP contribution in [-0.4, -0.2) is 33.4 Å². The van der Waals surface area contributed by atoms with Crippen molar-refractivity contribution in [3.05, 3.63) is 64.3 Å². The summed E-state index contributed by atoms with van der Waals surface area (Å²) < 4.78 is 1.65. The smallest absolute Gasteiger partial charge is 0.250 e. The minimum Gasteiger partial charge on any atom is -0.341 e. The fourth-order valence-corrected chi connectivity index (χ4v) is 2.76. The van der Waals surface area contributed by atoms with Crippen molar-refractivity contribution in [2.24, 2.45) is 0 Å². The third kappa shape index (κ3) is 2.93. The zero-order valence-electron chi connectivity index (χ0n) is 12.6. The van der Waals surface area contributed by atoms with Crippen molar-refractivity contribution in [3.63, 3.8) is 0 Å². The van der Waals surface area contributed by atoms with E-state index in [1.807, 2.05) is 36.1 Å². The zero-order chi connectivity index (χ0) is 15.5. The van der Waals surface area contributed by atoms with Gasteiger partial charge in [0.25, 0.3) is 5.56 Å². The molecular weight excluding hydrogens is 278 g/mol. The molecule has 0 spiro atoms. The van der Waals surface area contributed by atoms with E-state index in [-0.39, 0.29) is 11.5 Å². The molecular formula is C17H19N3O2. The summed E-state index contributed by atoms with van der Waals surface area (Å²) in [5.74, 6) is 0.439. The lowest BCUT2D eigenvalue weighted by molar-refractivity contribution is -0.135. The molecule has 1 fully saturated rings. The fourth-order valence-electron chi connectivity index (χ4n) is 2.76. The van der Waals surface area contributed by atoms with Crippen LogP contribution in [0.1, 0.15) is 23.7 Å². The van der Waals surface area contributed by atoms with Gasteiger partial charge >= 0.3 is 0 Å². The number of hydrogen-bond donors (Lipinski definition) is 0. The summed E-state index contributed by atoms with van der Waals surface area (Å²) in [6.07, 6.45) is 2.14. The number of carbonyl (C=O) groups excluding carboxylic acids is 1. The van der Waals surface area contributed by atoms with Gasteiger partial charge in [-0.15, -0.1) is 0 Å². The molecule has 2 aromatic heterocycles. The van der Waals surface area contributed by atoms with Crippen LogP contribution < -0.4 is 5.56 Å². The van der Waals surface area contributed by atoms with Crippen LogP contribution in [0.4, 0.5) is 0 Å². The average Bonchev–Trinajstić information content (AvgIpc) is 2.46. The average molecular weight is 297 g/mol. The predicted octanol–water partition coefficient (Wildman–Crippen LogP) is 1.57. The number of pyridine rings is 2. The van der Waals surface area contributed by atoms with Crippen molar-refractivity contribution < 1.29 is 4.79 Å². The minimum absolute atomic E-state index is 0.0530. The van der Waals surface area contributed by atoms with Crippen molar-refractivity contribution in [1.29, 1.82) is 0 Å². The molecule has 0 saturated carbocycles. The quantitative estimate of drug-likeness (QED) is 0.860. The molecule has 0 unspecified atom stereocenters. The van der Waals surface area contributed by atoms with Crippen LogP contribution in [-0.2, 0) is 11.3 Å². The van der Waals surface area contributed by atoms with Crippen molar-refractivity contribution in [2.45, 2.75) is 25.8 Å². The number of likely N-dealkylation sites (tertiary alicyclic amines) is 1. The summed E-state index contributed by atoms with van der Waals surface area (Å²) in [7, 11) is 0. The summed E-state index contributed by atoms with van der Waals surface area (Å²) >= 11 is 0. The molecule has 5 nitrogen and oxygen atoms in total. The van der Waals surface area contributed by atoms with E-state index < -0.39 is 0 Å². The molecule has 0 bridgehead atoms. The normalized spacial score (nSPS) is 14.7. The molecule has 1 saturated heterocycles. The van der Waals surface area contributed by atoms with Gasteiger partial charge in [-0.05, 0) is 25.1 Å². The lowest BCUT2D eigenvalue weighted by atomic mass is 9.95. The summed E-state index contributed by atoms with van der Waals surface area (Å²) in [5, 5.41) is 0. The van der Waals surface area contributed by atoms with Crippen LogP contribution in [0.25, 0.3) is 0 Å². The molecule has 0 aliphatic carbocycles. The molecule has 0 atom stereocenters. The Labute approximate surface area is 129 Å². The molecule has 5 heteroatoms. The van der Waals surface area contributed by atoms with Gasteiger partial charge in [0.1, 0.15) is 0 Å². The summed E-state index contributed by atoms with van der Waals surface area (Å²) in [5.41, 5.74) is 1.87. The van der Waals surface area contributed by atoms with E-state index in [1.165, 1.54) is 6.07 Å². The first-order valence-corrected chi connectivity index (χ1v) is 7.50. The van der Waals surface area contributed by atoms with Crippen LogP contribution >= 0.6 is 0 Å². The van der Waals surface area contributed by atoms with E-state index in [0.29, 0.717) is 18.9 Å². The van der Waals surface area contributed by atoms with Gasteiger partial charge in [0.05, 0.1) is 0 Å². The van der Waals surface area contributed by atoms with Crippen molar-refractivity contribution >= 4 is 5.91 Å². The molecule has 1 amide bonds. The van der Waals surface area contributed by atoms with Gasteiger partial charge in [0, 0.05) is 55.6 Å². The van der Waals surface area contributed by atoms with Crippen LogP contribution in [0.5, 0.6) is 0 Å². The van der Waals surface area contributed by atoms with Crippen LogP contribution in [0, 0.1) is 6.92 Å². The Balaban J connectivity index is 1.53. The Morgan fingerprint density at radius 3 is 2.73 bits per heavy atom. The summed E-state index contributed by atoms with van der Waals surface area (Å²) in [4.78, 5) is 30.1. The first-order chi connectivity index (χ1) is 10.6. The lowest BCUT2D eigenvalue weighted by Crippen LogP contribution is -2.49. The third-order valence-electron chi connectivity index (χ3n) is 4.16. The maximum absolute atomic E-state index is 12.2. The van der Waals surface area contributed by atoms with Crippen LogP contribution in [0.2, 0.25) is 0 Å². The zero-order valence-corrected chi connectivity index (χ0v) is 12.6. The summed E-state index contributed by atoms with van der Waals surface area (Å²) in [6, 6.07) is 11.0. The lowest BCUT2D eigenvalue weighted by Gasteiger charge is -2.39. The number of aryl methyl sites for hydroxylation is 1. The molecule has 0 radical (unpaired) electrons. The largest absolute Gasteiger partial charge is 0.341 e. The van der Waals surface area contributed by atoms with E-state index in [0.717, 1.165) is 24.5 Å². The summed E-state index contributed by atoms with van der Waals surface area (Å²) in [6.45, 7) is 3.76. The molecule has 0 aromatic carbocycles. The second-order valence-corrected chi connectivity index (χ2v) is 5.66. The molecule has 0 N–H and O–H groups in total.